The van der Waals surface area contributed by atoms with Crippen molar-refractivity contribution in [2.24, 2.45) is 0 Å². The minimum absolute atomic E-state index is 0.0574. The molecule has 0 bridgehead atoms. The Balaban J connectivity index is 1.50. The van der Waals surface area contributed by atoms with Crippen LogP contribution in [-0.4, -0.2) is 56.4 Å². The summed E-state index contributed by atoms with van der Waals surface area (Å²) >= 11 is 0. The third kappa shape index (κ3) is 4.35. The molecule has 3 rings (SSSR count). The minimum Gasteiger partial charge on any atom is -0.375 e. The van der Waals surface area contributed by atoms with Gasteiger partial charge < -0.3 is 9.64 Å². The van der Waals surface area contributed by atoms with Crippen LogP contribution in [0.15, 0.2) is 31.0 Å². The lowest BCUT2D eigenvalue weighted by molar-refractivity contribution is -0.139. The fourth-order valence-electron chi connectivity index (χ4n) is 2.69. The number of aryl methyl sites for hydroxylation is 2. The highest BCUT2D eigenvalue weighted by atomic mass is 16.5. The predicted molar refractivity (Wildman–Crippen MR) is 83.6 cm³/mol. The van der Waals surface area contributed by atoms with Gasteiger partial charge >= 0.3 is 0 Å². The van der Waals surface area contributed by atoms with Gasteiger partial charge in [-0.1, -0.05) is 0 Å². The van der Waals surface area contributed by atoms with Gasteiger partial charge in [0.1, 0.15) is 12.9 Å². The molecule has 3 heterocycles. The Hall–Kier alpha value is -2.28. The van der Waals surface area contributed by atoms with Crippen LogP contribution in [0.5, 0.6) is 0 Å². The molecular weight excluding hydrogens is 294 g/mol. The van der Waals surface area contributed by atoms with Crippen molar-refractivity contribution in [3.8, 4) is 0 Å². The van der Waals surface area contributed by atoms with Crippen LogP contribution < -0.4 is 0 Å². The quantitative estimate of drug-likeness (QED) is 0.817. The first-order valence-corrected chi connectivity index (χ1v) is 7.84. The average Bonchev–Trinajstić information content (AvgIpc) is 2.99. The van der Waals surface area contributed by atoms with Crippen LogP contribution in [0.1, 0.15) is 17.7 Å². The topological polar surface area (TPSA) is 73.1 Å². The Morgan fingerprint density at radius 2 is 2.39 bits per heavy atom. The molecule has 1 aliphatic heterocycles. The summed E-state index contributed by atoms with van der Waals surface area (Å²) in [4.78, 5) is 22.4. The van der Waals surface area contributed by atoms with Crippen LogP contribution in [-0.2, 0) is 22.5 Å². The Bertz CT molecular complexity index is 643. The highest BCUT2D eigenvalue weighted by Crippen LogP contribution is 2.12. The molecule has 1 saturated heterocycles. The minimum atomic E-state index is 0.0574. The smallest absolute Gasteiger partial charge is 0.244 e. The van der Waals surface area contributed by atoms with Gasteiger partial charge in [0, 0.05) is 31.2 Å². The second-order valence-corrected chi connectivity index (χ2v) is 5.79. The molecule has 122 valence electrons. The van der Waals surface area contributed by atoms with Crippen LogP contribution in [0.2, 0.25) is 0 Å². The van der Waals surface area contributed by atoms with E-state index in [9.17, 15) is 4.79 Å². The second kappa shape index (κ2) is 7.32. The normalized spacial score (nSPS) is 18.1. The zero-order valence-corrected chi connectivity index (χ0v) is 13.3. The fraction of sp³-hybridized carbons (Fsp3) is 0.500. The maximum absolute atomic E-state index is 12.4. The maximum atomic E-state index is 12.4. The van der Waals surface area contributed by atoms with Gasteiger partial charge in [-0.05, 0) is 31.4 Å². The molecule has 1 aliphatic rings. The Morgan fingerprint density at radius 3 is 3.13 bits per heavy atom. The average molecular weight is 315 g/mol. The number of morpholine rings is 1. The molecule has 0 radical (unpaired) electrons. The summed E-state index contributed by atoms with van der Waals surface area (Å²) in [6.45, 7) is 4.10. The molecule has 7 nitrogen and oxygen atoms in total. The molecule has 1 unspecified atom stereocenters. The molecule has 1 fully saturated rings. The molecule has 23 heavy (non-hydrogen) atoms. The number of rotatable bonds is 5. The lowest BCUT2D eigenvalue weighted by atomic mass is 10.1. The molecular formula is C16H21N5O2. The third-order valence-electron chi connectivity index (χ3n) is 3.92. The largest absolute Gasteiger partial charge is 0.375 e. The summed E-state index contributed by atoms with van der Waals surface area (Å²) < 4.78 is 7.46. The third-order valence-corrected chi connectivity index (χ3v) is 3.92. The molecule has 0 aliphatic carbocycles. The summed E-state index contributed by atoms with van der Waals surface area (Å²) in [5.74, 6) is 0.0865. The van der Waals surface area contributed by atoms with Gasteiger partial charge in [-0.25, -0.2) is 9.97 Å². The van der Waals surface area contributed by atoms with E-state index in [-0.39, 0.29) is 18.6 Å². The van der Waals surface area contributed by atoms with Crippen molar-refractivity contribution in [1.82, 2.24) is 24.6 Å². The summed E-state index contributed by atoms with van der Waals surface area (Å²) in [6, 6.07) is 1.91. The van der Waals surface area contributed by atoms with Crippen molar-refractivity contribution in [3.05, 3.63) is 42.2 Å². The van der Waals surface area contributed by atoms with E-state index in [4.69, 9.17) is 4.74 Å². The number of ether oxygens (including phenoxy) is 1. The SMILES string of the molecule is Cc1cnn(CC(=O)N2CCOC(CCc3ccncn3)C2)c1. The summed E-state index contributed by atoms with van der Waals surface area (Å²) in [6.07, 6.45) is 8.67. The Morgan fingerprint density at radius 1 is 1.48 bits per heavy atom. The molecule has 2 aromatic heterocycles. The molecule has 1 amide bonds. The molecule has 7 heteroatoms. The number of aromatic nitrogens is 4. The van der Waals surface area contributed by atoms with Crippen molar-refractivity contribution in [2.75, 3.05) is 19.7 Å². The molecule has 0 aromatic carbocycles. The van der Waals surface area contributed by atoms with E-state index in [1.807, 2.05) is 24.1 Å². The number of hydrogen-bond acceptors (Lipinski definition) is 5. The van der Waals surface area contributed by atoms with Gasteiger partial charge in [-0.2, -0.15) is 5.10 Å². The number of nitrogens with zero attached hydrogens (tertiary/aromatic N) is 5. The van der Waals surface area contributed by atoms with Gasteiger partial charge in [-0.15, -0.1) is 0 Å². The highest BCUT2D eigenvalue weighted by molar-refractivity contribution is 5.76. The van der Waals surface area contributed by atoms with Crippen LogP contribution in [0.4, 0.5) is 0 Å². The zero-order chi connectivity index (χ0) is 16.1. The van der Waals surface area contributed by atoms with Crippen LogP contribution in [0, 0.1) is 6.92 Å². The van der Waals surface area contributed by atoms with Crippen LogP contribution >= 0.6 is 0 Å². The molecule has 0 saturated carbocycles. The predicted octanol–water partition coefficient (Wildman–Crippen LogP) is 0.842. The number of amides is 1. The van der Waals surface area contributed by atoms with Crippen molar-refractivity contribution < 1.29 is 9.53 Å². The first kappa shape index (κ1) is 15.6. The molecule has 0 spiro atoms. The van der Waals surface area contributed by atoms with Gasteiger partial charge in [-0.3, -0.25) is 9.48 Å². The summed E-state index contributed by atoms with van der Waals surface area (Å²) in [7, 11) is 0. The van der Waals surface area contributed by atoms with Crippen molar-refractivity contribution in [2.45, 2.75) is 32.4 Å². The van der Waals surface area contributed by atoms with E-state index in [0.29, 0.717) is 19.7 Å². The molecule has 2 aromatic rings. The zero-order valence-electron chi connectivity index (χ0n) is 13.3. The number of hydrogen-bond donors (Lipinski definition) is 0. The van der Waals surface area contributed by atoms with E-state index in [0.717, 1.165) is 24.1 Å². The number of carbonyl (C=O) groups is 1. The first-order chi connectivity index (χ1) is 11.2. The number of carbonyl (C=O) groups excluding carboxylic acids is 1. The lowest BCUT2D eigenvalue weighted by Gasteiger charge is -2.33. The van der Waals surface area contributed by atoms with Crippen molar-refractivity contribution in [3.63, 3.8) is 0 Å². The van der Waals surface area contributed by atoms with E-state index in [2.05, 4.69) is 15.1 Å². The molecule has 1 atom stereocenters. The van der Waals surface area contributed by atoms with Gasteiger partial charge in [0.2, 0.25) is 5.91 Å². The van der Waals surface area contributed by atoms with E-state index < -0.39 is 0 Å². The van der Waals surface area contributed by atoms with E-state index in [1.165, 1.54) is 0 Å². The Labute approximate surface area is 135 Å². The first-order valence-electron chi connectivity index (χ1n) is 7.84. The summed E-state index contributed by atoms with van der Waals surface area (Å²) in [5, 5.41) is 4.17. The highest BCUT2D eigenvalue weighted by Gasteiger charge is 2.24. The van der Waals surface area contributed by atoms with Gasteiger partial charge in [0.15, 0.2) is 0 Å². The van der Waals surface area contributed by atoms with Crippen molar-refractivity contribution in [1.29, 1.82) is 0 Å². The van der Waals surface area contributed by atoms with Crippen LogP contribution in [0.25, 0.3) is 0 Å². The second-order valence-electron chi connectivity index (χ2n) is 5.79. The van der Waals surface area contributed by atoms with Gasteiger partial charge in [0.05, 0.1) is 18.9 Å². The lowest BCUT2D eigenvalue weighted by Crippen LogP contribution is -2.46. The van der Waals surface area contributed by atoms with Crippen LogP contribution in [0.3, 0.4) is 0 Å². The monoisotopic (exact) mass is 315 g/mol. The van der Waals surface area contributed by atoms with E-state index >= 15 is 0 Å². The summed E-state index contributed by atoms with van der Waals surface area (Å²) in [5.41, 5.74) is 2.06. The maximum Gasteiger partial charge on any atom is 0.244 e. The van der Waals surface area contributed by atoms with Crippen molar-refractivity contribution >= 4 is 5.91 Å². The van der Waals surface area contributed by atoms with E-state index in [1.54, 1.807) is 23.4 Å². The van der Waals surface area contributed by atoms with Gasteiger partial charge in [0.25, 0.3) is 0 Å². The standard InChI is InChI=1S/C16H21N5O2/c1-13-8-19-21(9-13)11-16(22)20-6-7-23-15(10-20)3-2-14-4-5-17-12-18-14/h4-5,8-9,12,15H,2-3,6-7,10-11H2,1H3. The molecule has 0 N–H and O–H groups in total. The Kier molecular flexibility index (Phi) is 4.97. The fourth-order valence-corrected chi connectivity index (χ4v) is 2.69.